The first-order valence-electron chi connectivity index (χ1n) is 16.6. The van der Waals surface area contributed by atoms with E-state index in [9.17, 15) is 18.0 Å². The average Bonchev–Trinajstić information content (AvgIpc) is 3.44. The molecule has 5 aromatic rings. The van der Waals surface area contributed by atoms with E-state index in [2.05, 4.69) is 16.8 Å². The molecule has 0 unspecified atom stereocenters. The van der Waals surface area contributed by atoms with E-state index in [1.807, 2.05) is 59.3 Å². The van der Waals surface area contributed by atoms with Gasteiger partial charge in [0.1, 0.15) is 11.6 Å². The van der Waals surface area contributed by atoms with Crippen molar-refractivity contribution in [2.75, 3.05) is 0 Å². The number of aryl methyl sites for hydroxylation is 1. The Morgan fingerprint density at radius 3 is 2.38 bits per heavy atom. The number of ether oxygens (including phenoxy) is 1. The number of unbranched alkanes of at least 4 members (excludes halogenated alkanes) is 1. The van der Waals surface area contributed by atoms with Crippen LogP contribution in [0.2, 0.25) is 0 Å². The van der Waals surface area contributed by atoms with Gasteiger partial charge >= 0.3 is 6.09 Å². The molecule has 6 rings (SSSR count). The first-order valence-corrected chi connectivity index (χ1v) is 18.1. The minimum atomic E-state index is -4.08. The minimum absolute atomic E-state index is 0.0340. The van der Waals surface area contributed by atoms with E-state index in [4.69, 9.17) is 9.72 Å². The van der Waals surface area contributed by atoms with Crippen LogP contribution in [-0.4, -0.2) is 36.0 Å². The number of aromatic nitrogens is 2. The van der Waals surface area contributed by atoms with Crippen LogP contribution in [0.3, 0.4) is 0 Å². The molecule has 2 amide bonds. The van der Waals surface area contributed by atoms with Gasteiger partial charge in [0.05, 0.1) is 15.9 Å². The number of benzene rings is 4. The summed E-state index contributed by atoms with van der Waals surface area (Å²) >= 11 is 0. The van der Waals surface area contributed by atoms with Gasteiger partial charge in [-0.25, -0.2) is 22.9 Å². The molecular formula is C38H40N4O5S. The Kier molecular flexibility index (Phi) is 10.2. The minimum Gasteiger partial charge on any atom is -0.409 e. The molecule has 48 heavy (non-hydrogen) atoms. The second-order valence-electron chi connectivity index (χ2n) is 12.2. The fraction of sp³-hybridized carbons (Fsp3) is 0.289. The van der Waals surface area contributed by atoms with Gasteiger partial charge in [0.25, 0.3) is 15.9 Å². The van der Waals surface area contributed by atoms with Gasteiger partial charge in [0.2, 0.25) is 0 Å². The van der Waals surface area contributed by atoms with E-state index >= 15 is 0 Å². The number of hydrogen-bond acceptors (Lipinski definition) is 6. The van der Waals surface area contributed by atoms with Crippen molar-refractivity contribution in [2.45, 2.75) is 75.8 Å². The molecule has 1 heterocycles. The summed E-state index contributed by atoms with van der Waals surface area (Å²) < 4.78 is 34.9. The average molecular weight is 665 g/mol. The molecule has 0 spiro atoms. The Morgan fingerprint density at radius 1 is 0.896 bits per heavy atom. The summed E-state index contributed by atoms with van der Waals surface area (Å²) in [5, 5.41) is 3.23. The molecule has 2 N–H and O–H groups in total. The maximum atomic E-state index is 13.2. The van der Waals surface area contributed by atoms with Crippen LogP contribution in [0.5, 0.6) is 5.75 Å². The molecule has 1 saturated carbocycles. The fourth-order valence-corrected chi connectivity index (χ4v) is 7.08. The van der Waals surface area contributed by atoms with E-state index < -0.39 is 16.1 Å². The number of carbonyl (C=O) groups is 2. The zero-order valence-corrected chi connectivity index (χ0v) is 27.8. The highest BCUT2D eigenvalue weighted by Gasteiger charge is 2.21. The standard InChI is InChI=1S/C38H40N4O5S/c1-2-3-18-36-40-33-24-23-29(37(43)39-30-12-6-4-7-13-30)25-34(33)42(36)26-27-19-21-28(22-20-27)32-16-10-11-17-35(32)47-38(44)41-48(45,46)31-14-8-5-9-15-31/h5,8-11,14-17,19-25,30H,2-4,6-7,12-13,18,26H2,1H3,(H,39,43)(H,41,44). The molecule has 1 aliphatic rings. The van der Waals surface area contributed by atoms with E-state index in [1.165, 1.54) is 18.6 Å². The Hall–Kier alpha value is -4.96. The van der Waals surface area contributed by atoms with Crippen LogP contribution in [0.4, 0.5) is 4.79 Å². The molecule has 4 aromatic carbocycles. The summed E-state index contributed by atoms with van der Waals surface area (Å²) in [4.78, 5) is 30.8. The predicted molar refractivity (Wildman–Crippen MR) is 186 cm³/mol. The fourth-order valence-electron chi connectivity index (χ4n) is 6.19. The van der Waals surface area contributed by atoms with Crippen molar-refractivity contribution in [1.82, 2.24) is 19.6 Å². The highest BCUT2D eigenvalue weighted by atomic mass is 32.2. The van der Waals surface area contributed by atoms with Crippen molar-refractivity contribution < 1.29 is 22.7 Å². The third kappa shape index (κ3) is 7.77. The van der Waals surface area contributed by atoms with Crippen molar-refractivity contribution in [1.29, 1.82) is 0 Å². The van der Waals surface area contributed by atoms with E-state index in [0.717, 1.165) is 72.9 Å². The van der Waals surface area contributed by atoms with Crippen LogP contribution in [0.1, 0.15) is 73.6 Å². The van der Waals surface area contributed by atoms with Crippen LogP contribution in [0.25, 0.3) is 22.2 Å². The molecule has 248 valence electrons. The zero-order valence-electron chi connectivity index (χ0n) is 27.0. The van der Waals surface area contributed by atoms with E-state index in [1.54, 1.807) is 30.3 Å². The lowest BCUT2D eigenvalue weighted by Gasteiger charge is -2.22. The number of fused-ring (bicyclic) bond motifs is 1. The number of nitrogens with zero attached hydrogens (tertiary/aromatic N) is 2. The van der Waals surface area contributed by atoms with Crippen molar-refractivity contribution >= 4 is 33.1 Å². The van der Waals surface area contributed by atoms with Crippen molar-refractivity contribution in [3.05, 3.63) is 114 Å². The van der Waals surface area contributed by atoms with Gasteiger partial charge in [-0.1, -0.05) is 93.3 Å². The zero-order chi connectivity index (χ0) is 33.5. The molecule has 0 aliphatic heterocycles. The lowest BCUT2D eigenvalue weighted by Crippen LogP contribution is -2.36. The van der Waals surface area contributed by atoms with E-state index in [0.29, 0.717) is 17.7 Å². The first-order chi connectivity index (χ1) is 23.3. The number of rotatable bonds is 11. The number of imidazole rings is 1. The quantitative estimate of drug-likeness (QED) is 0.150. The molecule has 1 fully saturated rings. The van der Waals surface area contributed by atoms with Crippen LogP contribution < -0.4 is 14.8 Å². The normalized spacial score (nSPS) is 13.7. The van der Waals surface area contributed by atoms with E-state index in [-0.39, 0.29) is 22.6 Å². The first kappa shape index (κ1) is 33.0. The lowest BCUT2D eigenvalue weighted by atomic mass is 9.95. The number of hydrogen-bond donors (Lipinski definition) is 2. The second-order valence-corrected chi connectivity index (χ2v) is 13.9. The molecule has 1 aliphatic carbocycles. The van der Waals surface area contributed by atoms with Crippen LogP contribution in [0.15, 0.2) is 102 Å². The van der Waals surface area contributed by atoms with Crippen LogP contribution in [0, 0.1) is 0 Å². The number of para-hydroxylation sites is 1. The topological polar surface area (TPSA) is 119 Å². The molecule has 10 heteroatoms. The van der Waals surface area contributed by atoms with Crippen molar-refractivity contribution in [2.24, 2.45) is 0 Å². The summed E-state index contributed by atoms with van der Waals surface area (Å²) in [5.41, 5.74) is 4.92. The number of nitrogens with one attached hydrogen (secondary N) is 2. The summed E-state index contributed by atoms with van der Waals surface area (Å²) in [6, 6.07) is 28.6. The second kappa shape index (κ2) is 14.9. The third-order valence-electron chi connectivity index (χ3n) is 8.75. The van der Waals surface area contributed by atoms with Gasteiger partial charge in [0.15, 0.2) is 0 Å². The van der Waals surface area contributed by atoms with Gasteiger partial charge in [-0.15, -0.1) is 0 Å². The Morgan fingerprint density at radius 2 is 1.62 bits per heavy atom. The van der Waals surface area contributed by atoms with Gasteiger partial charge in [-0.3, -0.25) is 4.79 Å². The van der Waals surface area contributed by atoms with Crippen molar-refractivity contribution in [3.8, 4) is 16.9 Å². The lowest BCUT2D eigenvalue weighted by molar-refractivity contribution is 0.0927. The Bertz CT molecular complexity index is 2000. The number of sulfonamides is 1. The summed E-state index contributed by atoms with van der Waals surface area (Å²) in [6.45, 7) is 2.73. The predicted octanol–water partition coefficient (Wildman–Crippen LogP) is 7.63. The Balaban J connectivity index is 1.21. The van der Waals surface area contributed by atoms with Gasteiger partial charge in [-0.2, -0.15) is 0 Å². The molecule has 0 radical (unpaired) electrons. The third-order valence-corrected chi connectivity index (χ3v) is 10.1. The molecular weight excluding hydrogens is 625 g/mol. The summed E-state index contributed by atoms with van der Waals surface area (Å²) in [7, 11) is -4.08. The summed E-state index contributed by atoms with van der Waals surface area (Å²) in [5.74, 6) is 1.17. The number of amides is 2. The van der Waals surface area contributed by atoms with Crippen LogP contribution in [-0.2, 0) is 23.0 Å². The maximum Gasteiger partial charge on any atom is 0.426 e. The smallest absolute Gasteiger partial charge is 0.409 e. The largest absolute Gasteiger partial charge is 0.426 e. The van der Waals surface area contributed by atoms with Gasteiger partial charge < -0.3 is 14.6 Å². The molecule has 1 aromatic heterocycles. The van der Waals surface area contributed by atoms with Crippen LogP contribution >= 0.6 is 0 Å². The SMILES string of the molecule is CCCCc1nc2ccc(C(=O)NC3CCCCC3)cc2n1Cc1ccc(-c2ccccc2OC(=O)NS(=O)(=O)c2ccccc2)cc1. The maximum absolute atomic E-state index is 13.2. The highest BCUT2D eigenvalue weighted by molar-refractivity contribution is 7.90. The Labute approximate surface area is 281 Å². The van der Waals surface area contributed by atoms with Crippen molar-refractivity contribution in [3.63, 3.8) is 0 Å². The highest BCUT2D eigenvalue weighted by Crippen LogP contribution is 2.31. The summed E-state index contributed by atoms with van der Waals surface area (Å²) in [6.07, 6.45) is 7.40. The molecule has 9 nitrogen and oxygen atoms in total. The molecule has 0 atom stereocenters. The molecule has 0 bridgehead atoms. The monoisotopic (exact) mass is 664 g/mol. The van der Waals surface area contributed by atoms with Gasteiger partial charge in [0, 0.05) is 30.1 Å². The number of carbonyl (C=O) groups excluding carboxylic acids is 2. The van der Waals surface area contributed by atoms with Gasteiger partial charge in [-0.05, 0) is 66.8 Å². The molecule has 0 saturated heterocycles.